The summed E-state index contributed by atoms with van der Waals surface area (Å²) in [6, 6.07) is 9.51. The predicted octanol–water partition coefficient (Wildman–Crippen LogP) is 3.01. The van der Waals surface area contributed by atoms with Crippen LogP contribution in [0.3, 0.4) is 0 Å². The molecular weight excluding hydrogens is 354 g/mol. The summed E-state index contributed by atoms with van der Waals surface area (Å²) >= 11 is 0. The molecule has 27 heavy (non-hydrogen) atoms. The molecule has 2 amide bonds. The highest BCUT2D eigenvalue weighted by atomic mass is 19.1. The van der Waals surface area contributed by atoms with E-state index < -0.39 is 17.5 Å². The van der Waals surface area contributed by atoms with E-state index in [2.05, 4.69) is 5.32 Å². The van der Waals surface area contributed by atoms with Gasteiger partial charge in [0.1, 0.15) is 17.4 Å². The van der Waals surface area contributed by atoms with Crippen LogP contribution in [0.4, 0.5) is 8.78 Å². The zero-order valence-corrected chi connectivity index (χ0v) is 14.9. The average molecular weight is 374 g/mol. The summed E-state index contributed by atoms with van der Waals surface area (Å²) in [5.41, 5.74) is 0.226. The number of carbonyl (C=O) groups is 2. The van der Waals surface area contributed by atoms with Gasteiger partial charge in [-0.2, -0.15) is 0 Å². The second kappa shape index (κ2) is 8.16. The van der Waals surface area contributed by atoms with Crippen LogP contribution in [0.2, 0.25) is 0 Å². The maximum Gasteiger partial charge on any atom is 0.254 e. The summed E-state index contributed by atoms with van der Waals surface area (Å²) in [5, 5.41) is 2.72. The Morgan fingerprint density at radius 1 is 1.11 bits per heavy atom. The third-order valence-corrected chi connectivity index (χ3v) is 4.61. The van der Waals surface area contributed by atoms with E-state index in [9.17, 15) is 18.4 Å². The first-order valence-corrected chi connectivity index (χ1v) is 8.67. The Kier molecular flexibility index (Phi) is 5.69. The number of carbonyl (C=O) groups excluding carboxylic acids is 2. The molecule has 0 radical (unpaired) electrons. The van der Waals surface area contributed by atoms with Crippen LogP contribution in [-0.2, 0) is 0 Å². The van der Waals surface area contributed by atoms with Crippen molar-refractivity contribution in [1.82, 2.24) is 10.2 Å². The Morgan fingerprint density at radius 2 is 1.85 bits per heavy atom. The van der Waals surface area contributed by atoms with Crippen LogP contribution in [0.1, 0.15) is 33.6 Å². The number of halogens is 2. The van der Waals surface area contributed by atoms with Crippen LogP contribution >= 0.6 is 0 Å². The van der Waals surface area contributed by atoms with Gasteiger partial charge in [0.2, 0.25) is 0 Å². The van der Waals surface area contributed by atoms with Crippen molar-refractivity contribution >= 4 is 11.8 Å². The maximum absolute atomic E-state index is 13.7. The van der Waals surface area contributed by atoms with Gasteiger partial charge in [-0.25, -0.2) is 8.78 Å². The van der Waals surface area contributed by atoms with Crippen LogP contribution in [0.5, 0.6) is 5.75 Å². The van der Waals surface area contributed by atoms with E-state index in [1.165, 1.54) is 0 Å². The van der Waals surface area contributed by atoms with Crippen LogP contribution < -0.4 is 10.1 Å². The lowest BCUT2D eigenvalue weighted by atomic mass is 10.0. The molecule has 0 aliphatic carbocycles. The molecule has 7 heteroatoms. The first-order valence-electron chi connectivity index (χ1n) is 8.67. The van der Waals surface area contributed by atoms with Gasteiger partial charge in [0.05, 0.1) is 12.7 Å². The molecule has 0 spiro atoms. The number of ether oxygens (including phenoxy) is 1. The topological polar surface area (TPSA) is 58.6 Å². The highest BCUT2D eigenvalue weighted by Crippen LogP contribution is 2.18. The van der Waals surface area contributed by atoms with Crippen LogP contribution in [0, 0.1) is 11.6 Å². The average Bonchev–Trinajstić information content (AvgIpc) is 2.69. The molecule has 1 heterocycles. The van der Waals surface area contributed by atoms with Crippen molar-refractivity contribution in [2.75, 3.05) is 20.2 Å². The van der Waals surface area contributed by atoms with Crippen molar-refractivity contribution in [3.05, 3.63) is 65.2 Å². The number of amides is 2. The lowest BCUT2D eigenvalue weighted by molar-refractivity contribution is 0.0697. The summed E-state index contributed by atoms with van der Waals surface area (Å²) in [6.07, 6.45) is 1.08. The number of hydrogen-bond donors (Lipinski definition) is 1. The van der Waals surface area contributed by atoms with Crippen molar-refractivity contribution in [2.24, 2.45) is 0 Å². The first-order chi connectivity index (χ1) is 13.0. The molecule has 1 N–H and O–H groups in total. The van der Waals surface area contributed by atoms with Gasteiger partial charge in [0.25, 0.3) is 11.8 Å². The Balaban J connectivity index is 1.57. The lowest BCUT2D eigenvalue weighted by Crippen LogP contribution is -2.46. The lowest BCUT2D eigenvalue weighted by Gasteiger charge is -2.32. The molecule has 2 aromatic rings. The van der Waals surface area contributed by atoms with Gasteiger partial charge >= 0.3 is 0 Å². The molecule has 0 unspecified atom stereocenters. The minimum Gasteiger partial charge on any atom is -0.497 e. The molecule has 0 saturated carbocycles. The molecule has 0 atom stereocenters. The monoisotopic (exact) mass is 374 g/mol. The zero-order chi connectivity index (χ0) is 19.4. The number of likely N-dealkylation sites (tertiary alicyclic amines) is 1. The van der Waals surface area contributed by atoms with E-state index >= 15 is 0 Å². The third-order valence-electron chi connectivity index (χ3n) is 4.61. The Hall–Kier alpha value is -2.96. The van der Waals surface area contributed by atoms with Crippen molar-refractivity contribution in [3.8, 4) is 5.75 Å². The normalized spacial score (nSPS) is 14.7. The Morgan fingerprint density at radius 3 is 2.56 bits per heavy atom. The predicted molar refractivity (Wildman–Crippen MR) is 95.7 cm³/mol. The number of methoxy groups -OCH3 is 1. The molecule has 1 aliphatic heterocycles. The van der Waals surface area contributed by atoms with E-state index in [0.29, 0.717) is 37.2 Å². The second-order valence-corrected chi connectivity index (χ2v) is 6.40. The molecule has 0 bridgehead atoms. The number of piperidine rings is 1. The van der Waals surface area contributed by atoms with Gasteiger partial charge in [0.15, 0.2) is 0 Å². The fourth-order valence-corrected chi connectivity index (χ4v) is 3.10. The third kappa shape index (κ3) is 4.42. The first kappa shape index (κ1) is 18.8. The van der Waals surface area contributed by atoms with Gasteiger partial charge in [-0.05, 0) is 49.2 Å². The van der Waals surface area contributed by atoms with Gasteiger partial charge in [-0.3, -0.25) is 9.59 Å². The van der Waals surface area contributed by atoms with Gasteiger partial charge < -0.3 is 15.0 Å². The van der Waals surface area contributed by atoms with Crippen molar-refractivity contribution in [2.45, 2.75) is 18.9 Å². The molecular formula is C20H20F2N2O3. The fraction of sp³-hybridized carbons (Fsp3) is 0.300. The minimum atomic E-state index is -0.764. The quantitative estimate of drug-likeness (QED) is 0.895. The smallest absolute Gasteiger partial charge is 0.254 e. The zero-order valence-electron chi connectivity index (χ0n) is 14.9. The van der Waals surface area contributed by atoms with E-state index in [1.807, 2.05) is 0 Å². The van der Waals surface area contributed by atoms with Gasteiger partial charge in [-0.1, -0.05) is 6.07 Å². The summed E-state index contributed by atoms with van der Waals surface area (Å²) in [7, 11) is 1.54. The largest absolute Gasteiger partial charge is 0.497 e. The van der Waals surface area contributed by atoms with Crippen molar-refractivity contribution in [3.63, 3.8) is 0 Å². The molecule has 1 fully saturated rings. The second-order valence-electron chi connectivity index (χ2n) is 6.40. The summed E-state index contributed by atoms with van der Waals surface area (Å²) in [4.78, 5) is 26.5. The molecule has 0 aromatic heterocycles. The van der Waals surface area contributed by atoms with E-state index in [1.54, 1.807) is 36.3 Å². The molecule has 2 aromatic carbocycles. The van der Waals surface area contributed by atoms with E-state index in [4.69, 9.17) is 4.74 Å². The van der Waals surface area contributed by atoms with Gasteiger partial charge in [-0.15, -0.1) is 0 Å². The number of nitrogens with one attached hydrogen (secondary N) is 1. The number of benzene rings is 2. The standard InChI is InChI=1S/C20H20F2N2O3/c1-27-16-4-2-3-13(11-16)20(26)24-9-7-15(8-10-24)23-19(25)17-12-14(21)5-6-18(17)22/h2-6,11-12,15H,7-10H2,1H3,(H,23,25). The molecule has 142 valence electrons. The Labute approximate surface area is 155 Å². The maximum atomic E-state index is 13.7. The van der Waals surface area contributed by atoms with E-state index in [0.717, 1.165) is 18.2 Å². The molecule has 1 saturated heterocycles. The minimum absolute atomic E-state index is 0.102. The fourth-order valence-electron chi connectivity index (χ4n) is 3.10. The van der Waals surface area contributed by atoms with Crippen LogP contribution in [0.25, 0.3) is 0 Å². The van der Waals surface area contributed by atoms with E-state index in [-0.39, 0.29) is 17.5 Å². The SMILES string of the molecule is COc1cccc(C(=O)N2CCC(NC(=O)c3cc(F)ccc3F)CC2)c1. The number of hydrogen-bond acceptors (Lipinski definition) is 3. The highest BCUT2D eigenvalue weighted by Gasteiger charge is 2.25. The summed E-state index contributed by atoms with van der Waals surface area (Å²) in [6.45, 7) is 0.930. The Bertz CT molecular complexity index is 849. The van der Waals surface area contributed by atoms with Crippen molar-refractivity contribution in [1.29, 1.82) is 0 Å². The number of rotatable bonds is 4. The summed E-state index contributed by atoms with van der Waals surface area (Å²) < 4.78 is 32.1. The molecule has 1 aliphatic rings. The number of nitrogens with zero attached hydrogens (tertiary/aromatic N) is 1. The van der Waals surface area contributed by atoms with Gasteiger partial charge in [0, 0.05) is 24.7 Å². The van der Waals surface area contributed by atoms with Crippen LogP contribution in [-0.4, -0.2) is 43.0 Å². The molecule has 3 rings (SSSR count). The highest BCUT2D eigenvalue weighted by molar-refractivity contribution is 5.95. The summed E-state index contributed by atoms with van der Waals surface area (Å²) in [5.74, 6) is -1.57. The molecule has 5 nitrogen and oxygen atoms in total. The van der Waals surface area contributed by atoms with Crippen LogP contribution in [0.15, 0.2) is 42.5 Å². The van der Waals surface area contributed by atoms with Crippen molar-refractivity contribution < 1.29 is 23.1 Å².